The predicted molar refractivity (Wildman–Crippen MR) is 109 cm³/mol. The summed E-state index contributed by atoms with van der Waals surface area (Å²) < 4.78 is 0. The minimum Gasteiger partial charge on any atom is -0.353 e. The number of nitrogens with zero attached hydrogens (tertiary/aromatic N) is 1. The molecule has 1 unspecified atom stereocenters. The van der Waals surface area contributed by atoms with Crippen molar-refractivity contribution in [1.82, 2.24) is 15.5 Å². The Kier molecular flexibility index (Phi) is 8.01. The van der Waals surface area contributed by atoms with Crippen LogP contribution in [0.15, 0.2) is 54.6 Å². The van der Waals surface area contributed by atoms with Crippen molar-refractivity contribution in [2.45, 2.75) is 26.8 Å². The lowest BCUT2D eigenvalue weighted by atomic mass is 10.1. The van der Waals surface area contributed by atoms with E-state index in [4.69, 9.17) is 0 Å². The van der Waals surface area contributed by atoms with Crippen molar-refractivity contribution in [3.8, 4) is 0 Å². The Morgan fingerprint density at radius 3 is 2.19 bits per heavy atom. The van der Waals surface area contributed by atoms with Gasteiger partial charge in [-0.05, 0) is 37.2 Å². The van der Waals surface area contributed by atoms with Gasteiger partial charge in [-0.2, -0.15) is 0 Å². The van der Waals surface area contributed by atoms with Crippen molar-refractivity contribution in [3.05, 3.63) is 71.3 Å². The van der Waals surface area contributed by atoms with E-state index < -0.39 is 0 Å². The second-order valence-electron chi connectivity index (χ2n) is 6.45. The first-order valence-electron chi connectivity index (χ1n) is 9.46. The molecular weight excluding hydrogens is 338 g/mol. The molecule has 2 amide bonds. The summed E-state index contributed by atoms with van der Waals surface area (Å²) in [4.78, 5) is 26.8. The van der Waals surface area contributed by atoms with Crippen LogP contribution in [-0.4, -0.2) is 42.9 Å². The molecular formula is C22H29N3O2. The van der Waals surface area contributed by atoms with Gasteiger partial charge in [0.1, 0.15) is 0 Å². The highest BCUT2D eigenvalue weighted by Crippen LogP contribution is 2.19. The van der Waals surface area contributed by atoms with Crippen LogP contribution >= 0.6 is 0 Å². The maximum atomic E-state index is 12.3. The van der Waals surface area contributed by atoms with E-state index in [1.807, 2.05) is 43.3 Å². The standard InChI is InChI=1S/C22H29N3O2/c1-4-25(5-2)20(18-12-7-6-8-13-18)15-23-21(26)16-24-22(27)19-14-10-9-11-17(19)3/h6-14,20H,4-5,15-16H2,1-3H3,(H,23,26)(H,24,27). The summed E-state index contributed by atoms with van der Waals surface area (Å²) in [6.45, 7) is 8.38. The molecule has 27 heavy (non-hydrogen) atoms. The van der Waals surface area contributed by atoms with Crippen LogP contribution in [0.4, 0.5) is 0 Å². The van der Waals surface area contributed by atoms with Crippen molar-refractivity contribution in [1.29, 1.82) is 0 Å². The molecule has 0 bridgehead atoms. The maximum absolute atomic E-state index is 12.3. The maximum Gasteiger partial charge on any atom is 0.251 e. The van der Waals surface area contributed by atoms with Crippen LogP contribution in [0.3, 0.4) is 0 Å². The number of hydrogen-bond acceptors (Lipinski definition) is 3. The highest BCUT2D eigenvalue weighted by atomic mass is 16.2. The van der Waals surface area contributed by atoms with E-state index in [1.54, 1.807) is 6.07 Å². The number of nitrogens with one attached hydrogen (secondary N) is 2. The monoisotopic (exact) mass is 367 g/mol. The van der Waals surface area contributed by atoms with E-state index in [0.717, 1.165) is 18.7 Å². The summed E-state index contributed by atoms with van der Waals surface area (Å²) in [6.07, 6.45) is 0. The lowest BCUT2D eigenvalue weighted by molar-refractivity contribution is -0.120. The number of carbonyl (C=O) groups excluding carboxylic acids is 2. The molecule has 5 nitrogen and oxygen atoms in total. The number of hydrogen-bond donors (Lipinski definition) is 2. The SMILES string of the molecule is CCN(CC)C(CNC(=O)CNC(=O)c1ccccc1C)c1ccccc1. The average molecular weight is 367 g/mol. The molecule has 0 radical (unpaired) electrons. The minimum atomic E-state index is -0.230. The fourth-order valence-electron chi connectivity index (χ4n) is 3.15. The van der Waals surface area contributed by atoms with Gasteiger partial charge in [0.2, 0.25) is 5.91 Å². The predicted octanol–water partition coefficient (Wildman–Crippen LogP) is 2.92. The van der Waals surface area contributed by atoms with Gasteiger partial charge in [-0.15, -0.1) is 0 Å². The molecule has 2 aromatic carbocycles. The largest absolute Gasteiger partial charge is 0.353 e. The molecule has 0 spiro atoms. The highest BCUT2D eigenvalue weighted by molar-refractivity contribution is 5.97. The van der Waals surface area contributed by atoms with Crippen LogP contribution in [0.5, 0.6) is 0 Å². The summed E-state index contributed by atoms with van der Waals surface area (Å²) in [5.74, 6) is -0.420. The molecule has 0 heterocycles. The number of amides is 2. The lowest BCUT2D eigenvalue weighted by Gasteiger charge is -2.30. The summed E-state index contributed by atoms with van der Waals surface area (Å²) in [7, 11) is 0. The molecule has 2 rings (SSSR count). The van der Waals surface area contributed by atoms with Crippen LogP contribution in [0.2, 0.25) is 0 Å². The van der Waals surface area contributed by atoms with Gasteiger partial charge in [0.15, 0.2) is 0 Å². The Balaban J connectivity index is 1.92. The van der Waals surface area contributed by atoms with Crippen molar-refractivity contribution >= 4 is 11.8 Å². The Morgan fingerprint density at radius 1 is 0.926 bits per heavy atom. The first-order valence-corrected chi connectivity index (χ1v) is 9.46. The van der Waals surface area contributed by atoms with E-state index >= 15 is 0 Å². The Bertz CT molecular complexity index is 742. The molecule has 144 valence electrons. The van der Waals surface area contributed by atoms with Crippen LogP contribution in [0.25, 0.3) is 0 Å². The fourth-order valence-corrected chi connectivity index (χ4v) is 3.15. The summed E-state index contributed by atoms with van der Waals surface area (Å²) in [6, 6.07) is 17.6. The van der Waals surface area contributed by atoms with E-state index in [0.29, 0.717) is 12.1 Å². The first-order chi connectivity index (χ1) is 13.1. The number of rotatable bonds is 9. The zero-order valence-corrected chi connectivity index (χ0v) is 16.4. The normalized spacial score (nSPS) is 11.9. The molecule has 0 aliphatic heterocycles. The average Bonchev–Trinajstić information content (AvgIpc) is 2.70. The first kappa shape index (κ1) is 20.6. The Hall–Kier alpha value is -2.66. The molecule has 0 saturated heterocycles. The topological polar surface area (TPSA) is 61.4 Å². The third-order valence-electron chi connectivity index (χ3n) is 4.73. The van der Waals surface area contributed by atoms with Crippen molar-refractivity contribution in [2.75, 3.05) is 26.2 Å². The zero-order valence-electron chi connectivity index (χ0n) is 16.4. The van der Waals surface area contributed by atoms with Crippen molar-refractivity contribution in [2.24, 2.45) is 0 Å². The molecule has 0 aliphatic rings. The van der Waals surface area contributed by atoms with Crippen LogP contribution < -0.4 is 10.6 Å². The molecule has 0 fully saturated rings. The van der Waals surface area contributed by atoms with Crippen LogP contribution in [0, 0.1) is 6.92 Å². The second kappa shape index (κ2) is 10.5. The number of carbonyl (C=O) groups is 2. The van der Waals surface area contributed by atoms with Gasteiger partial charge < -0.3 is 10.6 Å². The molecule has 0 aliphatic carbocycles. The molecule has 0 saturated carbocycles. The molecule has 2 aromatic rings. The molecule has 5 heteroatoms. The van der Waals surface area contributed by atoms with Gasteiger partial charge in [-0.25, -0.2) is 0 Å². The zero-order chi connectivity index (χ0) is 19.6. The molecule has 2 N–H and O–H groups in total. The van der Waals surface area contributed by atoms with E-state index in [9.17, 15) is 9.59 Å². The highest BCUT2D eigenvalue weighted by Gasteiger charge is 2.19. The van der Waals surface area contributed by atoms with Gasteiger partial charge in [-0.3, -0.25) is 14.5 Å². The van der Waals surface area contributed by atoms with E-state index in [2.05, 4.69) is 41.5 Å². The van der Waals surface area contributed by atoms with Gasteiger partial charge in [0.25, 0.3) is 5.91 Å². The number of benzene rings is 2. The minimum absolute atomic E-state index is 0.0348. The molecule has 1 atom stereocenters. The number of aryl methyl sites for hydroxylation is 1. The quantitative estimate of drug-likeness (QED) is 0.716. The van der Waals surface area contributed by atoms with Crippen molar-refractivity contribution < 1.29 is 9.59 Å². The summed E-state index contributed by atoms with van der Waals surface area (Å²) in [5, 5.41) is 5.65. The smallest absolute Gasteiger partial charge is 0.251 e. The van der Waals surface area contributed by atoms with Crippen LogP contribution in [-0.2, 0) is 4.79 Å². The fraction of sp³-hybridized carbons (Fsp3) is 0.364. The Morgan fingerprint density at radius 2 is 1.56 bits per heavy atom. The lowest BCUT2D eigenvalue weighted by Crippen LogP contribution is -2.42. The van der Waals surface area contributed by atoms with Gasteiger partial charge in [0.05, 0.1) is 12.6 Å². The van der Waals surface area contributed by atoms with E-state index in [1.165, 1.54) is 5.56 Å². The summed E-state index contributed by atoms with van der Waals surface area (Å²) >= 11 is 0. The second-order valence-corrected chi connectivity index (χ2v) is 6.45. The summed E-state index contributed by atoms with van der Waals surface area (Å²) in [5.41, 5.74) is 2.65. The van der Waals surface area contributed by atoms with Gasteiger partial charge in [0, 0.05) is 12.1 Å². The number of likely N-dealkylation sites (N-methyl/N-ethyl adjacent to an activating group) is 1. The third-order valence-corrected chi connectivity index (χ3v) is 4.73. The van der Waals surface area contributed by atoms with Crippen molar-refractivity contribution in [3.63, 3.8) is 0 Å². The van der Waals surface area contributed by atoms with Gasteiger partial charge >= 0.3 is 0 Å². The Labute approximate surface area is 161 Å². The molecule has 0 aromatic heterocycles. The van der Waals surface area contributed by atoms with Crippen LogP contribution in [0.1, 0.15) is 41.4 Å². The van der Waals surface area contributed by atoms with E-state index in [-0.39, 0.29) is 24.4 Å². The third kappa shape index (κ3) is 5.93. The van der Waals surface area contributed by atoms with Gasteiger partial charge in [-0.1, -0.05) is 62.4 Å².